The molecule has 2 aromatic carbocycles. The SMILES string of the molecule is C[C@H]1CNCCN1C(=O)c1cccc(CN(C)Cc2ccccc2)c1.Cl. The molecule has 0 aliphatic carbocycles. The summed E-state index contributed by atoms with van der Waals surface area (Å²) in [6.45, 7) is 6.33. The van der Waals surface area contributed by atoms with Gasteiger partial charge in [-0.05, 0) is 37.2 Å². The Kier molecular flexibility index (Phi) is 7.64. The minimum absolute atomic E-state index is 0. The molecule has 1 fully saturated rings. The van der Waals surface area contributed by atoms with Crippen molar-refractivity contribution in [3.8, 4) is 0 Å². The third-order valence-corrected chi connectivity index (χ3v) is 4.68. The van der Waals surface area contributed by atoms with E-state index in [0.29, 0.717) is 0 Å². The number of rotatable bonds is 5. The lowest BCUT2D eigenvalue weighted by atomic mass is 10.1. The number of hydrogen-bond acceptors (Lipinski definition) is 3. The Bertz CT molecular complexity index is 707. The molecule has 1 N–H and O–H groups in total. The average molecular weight is 374 g/mol. The molecule has 0 radical (unpaired) electrons. The van der Waals surface area contributed by atoms with Crippen molar-refractivity contribution in [2.45, 2.75) is 26.1 Å². The summed E-state index contributed by atoms with van der Waals surface area (Å²) in [5.41, 5.74) is 3.26. The second-order valence-corrected chi connectivity index (χ2v) is 6.91. The minimum atomic E-state index is 0. The zero-order valence-corrected chi connectivity index (χ0v) is 16.3. The van der Waals surface area contributed by atoms with Crippen LogP contribution in [0, 0.1) is 0 Å². The molecule has 1 aliphatic rings. The summed E-state index contributed by atoms with van der Waals surface area (Å²) in [7, 11) is 2.11. The van der Waals surface area contributed by atoms with E-state index in [2.05, 4.69) is 54.5 Å². The largest absolute Gasteiger partial charge is 0.333 e. The summed E-state index contributed by atoms with van der Waals surface area (Å²) in [5.74, 6) is 0.140. The van der Waals surface area contributed by atoms with Crippen molar-refractivity contribution in [3.63, 3.8) is 0 Å². The Morgan fingerprint density at radius 2 is 1.81 bits per heavy atom. The van der Waals surface area contributed by atoms with Crippen LogP contribution in [0.1, 0.15) is 28.4 Å². The molecule has 0 aromatic heterocycles. The molecule has 140 valence electrons. The molecule has 26 heavy (non-hydrogen) atoms. The molecule has 1 heterocycles. The highest BCUT2D eigenvalue weighted by atomic mass is 35.5. The van der Waals surface area contributed by atoms with Gasteiger partial charge < -0.3 is 10.2 Å². The maximum Gasteiger partial charge on any atom is 0.254 e. The van der Waals surface area contributed by atoms with E-state index in [9.17, 15) is 4.79 Å². The van der Waals surface area contributed by atoms with Gasteiger partial charge in [-0.15, -0.1) is 12.4 Å². The summed E-state index contributed by atoms with van der Waals surface area (Å²) < 4.78 is 0. The third kappa shape index (κ3) is 5.31. The van der Waals surface area contributed by atoms with E-state index in [0.717, 1.165) is 38.3 Å². The monoisotopic (exact) mass is 373 g/mol. The predicted octanol–water partition coefficient (Wildman–Crippen LogP) is 3.17. The molecule has 0 spiro atoms. The van der Waals surface area contributed by atoms with Gasteiger partial charge in [-0.1, -0.05) is 42.5 Å². The molecule has 1 atom stereocenters. The third-order valence-electron chi connectivity index (χ3n) is 4.68. The predicted molar refractivity (Wildman–Crippen MR) is 109 cm³/mol. The molecule has 1 saturated heterocycles. The van der Waals surface area contributed by atoms with E-state index in [1.165, 1.54) is 11.1 Å². The first-order valence-corrected chi connectivity index (χ1v) is 8.96. The Hall–Kier alpha value is -1.88. The van der Waals surface area contributed by atoms with Crippen LogP contribution in [0.15, 0.2) is 54.6 Å². The molecule has 3 rings (SSSR count). The molecular formula is C21H28ClN3O. The van der Waals surface area contributed by atoms with E-state index in [1.807, 2.05) is 29.2 Å². The highest BCUT2D eigenvalue weighted by Gasteiger charge is 2.24. The lowest BCUT2D eigenvalue weighted by molar-refractivity contribution is 0.0655. The van der Waals surface area contributed by atoms with Crippen molar-refractivity contribution >= 4 is 18.3 Å². The van der Waals surface area contributed by atoms with Crippen LogP contribution >= 0.6 is 12.4 Å². The fourth-order valence-corrected chi connectivity index (χ4v) is 3.37. The lowest BCUT2D eigenvalue weighted by Crippen LogP contribution is -2.52. The van der Waals surface area contributed by atoms with Crippen molar-refractivity contribution in [2.75, 3.05) is 26.7 Å². The number of hydrogen-bond donors (Lipinski definition) is 1. The first-order valence-electron chi connectivity index (χ1n) is 8.96. The van der Waals surface area contributed by atoms with Gasteiger partial charge >= 0.3 is 0 Å². The molecule has 2 aromatic rings. The van der Waals surface area contributed by atoms with Crippen LogP contribution in [0.4, 0.5) is 0 Å². The van der Waals surface area contributed by atoms with Crippen LogP contribution in [0.3, 0.4) is 0 Å². The summed E-state index contributed by atoms with van der Waals surface area (Å²) in [6.07, 6.45) is 0. The number of halogens is 1. The van der Waals surface area contributed by atoms with E-state index >= 15 is 0 Å². The van der Waals surface area contributed by atoms with Crippen molar-refractivity contribution < 1.29 is 4.79 Å². The van der Waals surface area contributed by atoms with Gasteiger partial charge in [0.15, 0.2) is 0 Å². The second-order valence-electron chi connectivity index (χ2n) is 6.91. The van der Waals surface area contributed by atoms with Gasteiger partial charge in [-0.3, -0.25) is 9.69 Å². The second kappa shape index (κ2) is 9.72. The minimum Gasteiger partial charge on any atom is -0.333 e. The maximum atomic E-state index is 12.8. The van der Waals surface area contributed by atoms with E-state index < -0.39 is 0 Å². The van der Waals surface area contributed by atoms with Gasteiger partial charge in [0.05, 0.1) is 0 Å². The van der Waals surface area contributed by atoms with Crippen LogP contribution in [-0.2, 0) is 13.1 Å². The highest BCUT2D eigenvalue weighted by Crippen LogP contribution is 2.14. The molecule has 1 aliphatic heterocycles. The van der Waals surface area contributed by atoms with E-state index in [1.54, 1.807) is 0 Å². The molecular weight excluding hydrogens is 346 g/mol. The Labute approximate surface area is 162 Å². The maximum absolute atomic E-state index is 12.8. The van der Waals surface area contributed by atoms with E-state index in [4.69, 9.17) is 0 Å². The number of nitrogens with one attached hydrogen (secondary N) is 1. The summed E-state index contributed by atoms with van der Waals surface area (Å²) in [5, 5.41) is 3.33. The number of carbonyl (C=O) groups excluding carboxylic acids is 1. The highest BCUT2D eigenvalue weighted by molar-refractivity contribution is 5.94. The van der Waals surface area contributed by atoms with Crippen LogP contribution in [0.2, 0.25) is 0 Å². The zero-order valence-electron chi connectivity index (χ0n) is 15.5. The van der Waals surface area contributed by atoms with Crippen LogP contribution in [0.25, 0.3) is 0 Å². The molecule has 1 amide bonds. The smallest absolute Gasteiger partial charge is 0.254 e. The summed E-state index contributed by atoms with van der Waals surface area (Å²) in [4.78, 5) is 17.1. The van der Waals surface area contributed by atoms with Crippen LogP contribution in [0.5, 0.6) is 0 Å². The Morgan fingerprint density at radius 1 is 1.12 bits per heavy atom. The van der Waals surface area contributed by atoms with Crippen molar-refractivity contribution in [3.05, 3.63) is 71.3 Å². The molecule has 5 heteroatoms. The fraction of sp³-hybridized carbons (Fsp3) is 0.381. The zero-order chi connectivity index (χ0) is 17.6. The Balaban J connectivity index is 0.00000243. The van der Waals surface area contributed by atoms with Gasteiger partial charge in [0.25, 0.3) is 5.91 Å². The lowest BCUT2D eigenvalue weighted by Gasteiger charge is -2.34. The normalized spacial score (nSPS) is 17.0. The first-order chi connectivity index (χ1) is 12.1. The van der Waals surface area contributed by atoms with Crippen molar-refractivity contribution in [1.29, 1.82) is 0 Å². The first kappa shape index (κ1) is 20.4. The van der Waals surface area contributed by atoms with Gasteiger partial charge in [0.1, 0.15) is 0 Å². The topological polar surface area (TPSA) is 35.6 Å². The number of piperazine rings is 1. The van der Waals surface area contributed by atoms with E-state index in [-0.39, 0.29) is 24.4 Å². The Morgan fingerprint density at radius 3 is 2.54 bits per heavy atom. The van der Waals surface area contributed by atoms with Crippen molar-refractivity contribution in [2.24, 2.45) is 0 Å². The number of amides is 1. The molecule has 0 unspecified atom stereocenters. The van der Waals surface area contributed by atoms with Gasteiger partial charge in [-0.2, -0.15) is 0 Å². The number of carbonyl (C=O) groups is 1. The van der Waals surface area contributed by atoms with Crippen LogP contribution in [-0.4, -0.2) is 48.4 Å². The average Bonchev–Trinajstić information content (AvgIpc) is 2.62. The number of nitrogens with zero attached hydrogens (tertiary/aromatic N) is 2. The van der Waals surface area contributed by atoms with Gasteiger partial charge in [0, 0.05) is 44.3 Å². The quantitative estimate of drug-likeness (QED) is 0.874. The van der Waals surface area contributed by atoms with Crippen molar-refractivity contribution in [1.82, 2.24) is 15.1 Å². The number of benzene rings is 2. The standard InChI is InChI=1S/C21H27N3O.ClH/c1-17-14-22-11-12-24(17)21(25)20-10-6-9-19(13-20)16-23(2)15-18-7-4-3-5-8-18;/h3-10,13,17,22H,11-12,14-16H2,1-2H3;1H/t17-;/m0./s1. The summed E-state index contributed by atoms with van der Waals surface area (Å²) >= 11 is 0. The molecule has 4 nitrogen and oxygen atoms in total. The molecule has 0 bridgehead atoms. The van der Waals surface area contributed by atoms with Crippen LogP contribution < -0.4 is 5.32 Å². The molecule has 0 saturated carbocycles. The fourth-order valence-electron chi connectivity index (χ4n) is 3.37. The van der Waals surface area contributed by atoms with Gasteiger partial charge in [-0.25, -0.2) is 0 Å². The summed E-state index contributed by atoms with van der Waals surface area (Å²) in [6, 6.07) is 18.8. The van der Waals surface area contributed by atoms with Gasteiger partial charge in [0.2, 0.25) is 0 Å².